The molecular weight excluding hydrogens is 398 g/mol. The van der Waals surface area contributed by atoms with Crippen molar-refractivity contribution in [2.45, 2.75) is 24.3 Å². The first kappa shape index (κ1) is 19.4. The Morgan fingerprint density at radius 3 is 2.32 bits per heavy atom. The van der Waals surface area contributed by atoms with Crippen LogP contribution in [-0.2, 0) is 10.0 Å². The Labute approximate surface area is 137 Å². The third-order valence-electron chi connectivity index (χ3n) is 1.98. The summed E-state index contributed by atoms with van der Waals surface area (Å²) in [6, 6.07) is 2.73. The van der Waals surface area contributed by atoms with Gasteiger partial charge < -0.3 is 5.73 Å². The molecule has 1 aromatic rings. The van der Waals surface area contributed by atoms with Crippen molar-refractivity contribution in [2.24, 2.45) is 5.73 Å². The van der Waals surface area contributed by atoms with Gasteiger partial charge in [-0.25, -0.2) is 13.1 Å². The van der Waals surface area contributed by atoms with Crippen molar-refractivity contribution in [1.82, 2.24) is 4.72 Å². The van der Waals surface area contributed by atoms with Crippen molar-refractivity contribution < 1.29 is 8.42 Å². The van der Waals surface area contributed by atoms with Crippen LogP contribution in [-0.4, -0.2) is 20.5 Å². The van der Waals surface area contributed by atoms with Gasteiger partial charge in [0.15, 0.2) is 0 Å². The first-order valence-corrected chi connectivity index (χ1v) is 7.99. The number of benzene rings is 1. The van der Waals surface area contributed by atoms with Crippen LogP contribution in [0.2, 0.25) is 10.0 Å². The van der Waals surface area contributed by atoms with Crippen molar-refractivity contribution in [2.75, 3.05) is 6.54 Å². The third-order valence-corrected chi connectivity index (χ3v) is 5.05. The Morgan fingerprint density at radius 1 is 1.32 bits per heavy atom. The van der Waals surface area contributed by atoms with Crippen molar-refractivity contribution in [1.29, 1.82) is 0 Å². The molecule has 0 aromatic heterocycles. The summed E-state index contributed by atoms with van der Waals surface area (Å²) in [7, 11) is -3.71. The second-order valence-electron chi connectivity index (χ2n) is 4.51. The summed E-state index contributed by atoms with van der Waals surface area (Å²) < 4.78 is 27.0. The zero-order chi connectivity index (χ0) is 14.1. The molecule has 0 atom stereocenters. The molecule has 0 saturated carbocycles. The molecule has 0 aliphatic rings. The minimum Gasteiger partial charge on any atom is -0.324 e. The van der Waals surface area contributed by atoms with E-state index in [9.17, 15) is 8.42 Å². The summed E-state index contributed by atoms with van der Waals surface area (Å²) in [5.41, 5.74) is 5.07. The Kier molecular flexibility index (Phi) is 7.09. The van der Waals surface area contributed by atoms with Gasteiger partial charge in [0.05, 0.1) is 10.0 Å². The van der Waals surface area contributed by atoms with Crippen LogP contribution in [0.1, 0.15) is 13.8 Å². The SMILES string of the molecule is CC(C)(N)CNS(=O)(=O)c1cc(Br)c(Cl)cc1Cl.Cl. The van der Waals surface area contributed by atoms with E-state index in [1.165, 1.54) is 12.1 Å². The Hall–Kier alpha value is 0.440. The fraction of sp³-hybridized carbons (Fsp3) is 0.400. The van der Waals surface area contributed by atoms with Gasteiger partial charge in [-0.15, -0.1) is 12.4 Å². The first-order chi connectivity index (χ1) is 8.03. The number of halogens is 4. The van der Waals surface area contributed by atoms with Crippen LogP contribution in [0.25, 0.3) is 0 Å². The minimum atomic E-state index is -3.71. The van der Waals surface area contributed by atoms with E-state index in [0.717, 1.165) is 0 Å². The molecule has 0 radical (unpaired) electrons. The second kappa shape index (κ2) is 6.93. The zero-order valence-electron chi connectivity index (χ0n) is 10.2. The lowest BCUT2D eigenvalue weighted by Crippen LogP contribution is -2.45. The van der Waals surface area contributed by atoms with E-state index in [0.29, 0.717) is 9.50 Å². The average molecular weight is 413 g/mol. The van der Waals surface area contributed by atoms with Crippen LogP contribution in [0.3, 0.4) is 0 Å². The zero-order valence-corrected chi connectivity index (χ0v) is 14.9. The quantitative estimate of drug-likeness (QED) is 0.746. The van der Waals surface area contributed by atoms with Crippen molar-refractivity contribution >= 4 is 61.6 Å². The van der Waals surface area contributed by atoms with Crippen LogP contribution in [0.5, 0.6) is 0 Å². The van der Waals surface area contributed by atoms with Crippen molar-refractivity contribution in [3.63, 3.8) is 0 Å². The van der Waals surface area contributed by atoms with Gasteiger partial charge in [-0.1, -0.05) is 23.2 Å². The fourth-order valence-electron chi connectivity index (χ4n) is 1.07. The highest BCUT2D eigenvalue weighted by Crippen LogP contribution is 2.31. The number of hydrogen-bond acceptors (Lipinski definition) is 3. The first-order valence-electron chi connectivity index (χ1n) is 4.96. The lowest BCUT2D eigenvalue weighted by molar-refractivity contribution is 0.498. The lowest BCUT2D eigenvalue weighted by atomic mass is 10.1. The molecule has 0 aliphatic heterocycles. The molecule has 0 fully saturated rings. The standard InChI is InChI=1S/C10H13BrCl2N2O2S.ClH/c1-10(2,14)5-15-18(16,17)9-3-6(11)7(12)4-8(9)13;/h3-4,15H,5,14H2,1-2H3;1H. The smallest absolute Gasteiger partial charge is 0.242 e. The van der Waals surface area contributed by atoms with Gasteiger partial charge in [0.2, 0.25) is 10.0 Å². The van der Waals surface area contributed by atoms with E-state index < -0.39 is 15.6 Å². The second-order valence-corrected chi connectivity index (χ2v) is 7.91. The van der Waals surface area contributed by atoms with Gasteiger partial charge in [0, 0.05) is 16.6 Å². The summed E-state index contributed by atoms with van der Waals surface area (Å²) in [6.45, 7) is 3.54. The molecule has 0 heterocycles. The molecule has 0 amide bonds. The van der Waals surface area contributed by atoms with Crippen LogP contribution in [0, 0.1) is 0 Å². The molecule has 0 aliphatic carbocycles. The number of nitrogens with two attached hydrogens (primary N) is 1. The predicted molar refractivity (Wildman–Crippen MR) is 84.9 cm³/mol. The van der Waals surface area contributed by atoms with E-state index in [2.05, 4.69) is 20.7 Å². The number of hydrogen-bond donors (Lipinski definition) is 2. The summed E-state index contributed by atoms with van der Waals surface area (Å²) >= 11 is 14.9. The highest BCUT2D eigenvalue weighted by molar-refractivity contribution is 9.10. The molecule has 0 bridgehead atoms. The van der Waals surface area contributed by atoms with E-state index in [4.69, 9.17) is 28.9 Å². The monoisotopic (exact) mass is 410 g/mol. The van der Waals surface area contributed by atoms with E-state index in [1.807, 2.05) is 0 Å². The summed E-state index contributed by atoms with van der Waals surface area (Å²) in [6.07, 6.45) is 0. The van der Waals surface area contributed by atoms with Gasteiger partial charge >= 0.3 is 0 Å². The average Bonchev–Trinajstić information content (AvgIpc) is 2.19. The number of sulfonamides is 1. The van der Waals surface area contributed by atoms with E-state index in [1.54, 1.807) is 13.8 Å². The maximum absolute atomic E-state index is 12.0. The molecule has 110 valence electrons. The Morgan fingerprint density at radius 2 is 1.84 bits per heavy atom. The van der Waals surface area contributed by atoms with Crippen molar-refractivity contribution in [3.05, 3.63) is 26.7 Å². The van der Waals surface area contributed by atoms with Crippen molar-refractivity contribution in [3.8, 4) is 0 Å². The van der Waals surface area contributed by atoms with E-state index in [-0.39, 0.29) is 28.9 Å². The van der Waals surface area contributed by atoms with Gasteiger partial charge in [0.25, 0.3) is 0 Å². The predicted octanol–water partition coefficient (Wildman–Crippen LogP) is 3.19. The Bertz CT molecular complexity index is 559. The largest absolute Gasteiger partial charge is 0.324 e. The molecule has 1 aromatic carbocycles. The van der Waals surface area contributed by atoms with Crippen LogP contribution < -0.4 is 10.5 Å². The fourth-order valence-corrected chi connectivity index (χ4v) is 3.56. The minimum absolute atomic E-state index is 0. The van der Waals surface area contributed by atoms with Gasteiger partial charge in [-0.2, -0.15) is 0 Å². The summed E-state index contributed by atoms with van der Waals surface area (Å²) in [4.78, 5) is -0.0373. The maximum Gasteiger partial charge on any atom is 0.242 e. The Balaban J connectivity index is 0.00000324. The van der Waals surface area contributed by atoms with Gasteiger partial charge in [0.1, 0.15) is 4.90 Å². The van der Waals surface area contributed by atoms with Crippen LogP contribution >= 0.6 is 51.5 Å². The molecule has 1 rings (SSSR count). The number of nitrogens with one attached hydrogen (secondary N) is 1. The lowest BCUT2D eigenvalue weighted by Gasteiger charge is -2.19. The molecule has 0 unspecified atom stereocenters. The molecule has 0 spiro atoms. The normalized spacial score (nSPS) is 12.1. The van der Waals surface area contributed by atoms with Gasteiger partial charge in [-0.05, 0) is 41.9 Å². The summed E-state index contributed by atoms with van der Waals surface area (Å²) in [5, 5.41) is 0.406. The third kappa shape index (κ3) is 5.75. The highest BCUT2D eigenvalue weighted by Gasteiger charge is 2.22. The molecule has 9 heteroatoms. The molecule has 4 nitrogen and oxygen atoms in total. The molecular formula is C10H14BrCl3N2O2S. The maximum atomic E-state index is 12.0. The highest BCUT2D eigenvalue weighted by atomic mass is 79.9. The molecule has 19 heavy (non-hydrogen) atoms. The van der Waals surface area contributed by atoms with Gasteiger partial charge in [-0.3, -0.25) is 0 Å². The molecule has 0 saturated heterocycles. The topological polar surface area (TPSA) is 72.2 Å². The van der Waals surface area contributed by atoms with E-state index >= 15 is 0 Å². The van der Waals surface area contributed by atoms with Crippen LogP contribution in [0.15, 0.2) is 21.5 Å². The summed E-state index contributed by atoms with van der Waals surface area (Å²) in [5.74, 6) is 0. The molecule has 3 N–H and O–H groups in total. The number of rotatable bonds is 4. The van der Waals surface area contributed by atoms with Crippen LogP contribution in [0.4, 0.5) is 0 Å².